The minimum absolute atomic E-state index is 0.726. The summed E-state index contributed by atoms with van der Waals surface area (Å²) in [6.07, 6.45) is 7.86. The molecule has 0 heterocycles. The number of hydrogen-bond acceptors (Lipinski definition) is 2. The van der Waals surface area contributed by atoms with E-state index in [4.69, 9.17) is 5.73 Å². The Morgan fingerprint density at radius 2 is 1.50 bits per heavy atom. The van der Waals surface area contributed by atoms with Crippen LogP contribution in [0.2, 0.25) is 0 Å². The summed E-state index contributed by atoms with van der Waals surface area (Å²) in [6.45, 7) is 9.05. The van der Waals surface area contributed by atoms with Gasteiger partial charge in [0.2, 0.25) is 0 Å². The SMILES string of the molecule is CC(C)CC(C)N(C)CCCCCCCN. The first-order valence-electron chi connectivity index (χ1n) is 6.98. The highest BCUT2D eigenvalue weighted by Gasteiger charge is 2.09. The van der Waals surface area contributed by atoms with E-state index in [9.17, 15) is 0 Å². The molecule has 2 N–H and O–H groups in total. The summed E-state index contributed by atoms with van der Waals surface area (Å²) in [5.41, 5.74) is 5.47. The van der Waals surface area contributed by atoms with E-state index in [1.165, 1.54) is 45.1 Å². The smallest absolute Gasteiger partial charge is 0.00663 e. The molecule has 0 aliphatic carbocycles. The molecule has 0 aromatic carbocycles. The van der Waals surface area contributed by atoms with Crippen molar-refractivity contribution in [2.75, 3.05) is 20.1 Å². The zero-order valence-electron chi connectivity index (χ0n) is 11.8. The van der Waals surface area contributed by atoms with Crippen LogP contribution >= 0.6 is 0 Å². The van der Waals surface area contributed by atoms with E-state index in [0.717, 1.165) is 18.5 Å². The van der Waals surface area contributed by atoms with E-state index in [-0.39, 0.29) is 0 Å². The molecule has 0 spiro atoms. The van der Waals surface area contributed by atoms with Crippen LogP contribution in [-0.2, 0) is 0 Å². The van der Waals surface area contributed by atoms with Gasteiger partial charge in [-0.2, -0.15) is 0 Å². The lowest BCUT2D eigenvalue weighted by atomic mass is 10.0. The molecule has 1 atom stereocenters. The van der Waals surface area contributed by atoms with Crippen LogP contribution in [0.25, 0.3) is 0 Å². The second kappa shape index (κ2) is 10.1. The molecule has 0 fully saturated rings. The van der Waals surface area contributed by atoms with Gasteiger partial charge in [-0.05, 0) is 52.2 Å². The van der Waals surface area contributed by atoms with Crippen LogP contribution in [0.1, 0.15) is 59.3 Å². The average Bonchev–Trinajstić information content (AvgIpc) is 2.21. The molecule has 0 aromatic rings. The van der Waals surface area contributed by atoms with E-state index in [1.807, 2.05) is 0 Å². The van der Waals surface area contributed by atoms with Gasteiger partial charge < -0.3 is 10.6 Å². The summed E-state index contributed by atoms with van der Waals surface area (Å²) in [5.74, 6) is 0.807. The van der Waals surface area contributed by atoms with Crippen LogP contribution < -0.4 is 5.73 Å². The molecule has 2 nitrogen and oxygen atoms in total. The molecule has 0 aromatic heterocycles. The lowest BCUT2D eigenvalue weighted by Gasteiger charge is -2.26. The summed E-state index contributed by atoms with van der Waals surface area (Å²) in [6, 6.07) is 0.726. The van der Waals surface area contributed by atoms with Crippen molar-refractivity contribution in [3.8, 4) is 0 Å². The van der Waals surface area contributed by atoms with Crippen molar-refractivity contribution < 1.29 is 0 Å². The molecule has 98 valence electrons. The van der Waals surface area contributed by atoms with E-state index in [0.29, 0.717) is 0 Å². The zero-order chi connectivity index (χ0) is 12.4. The Labute approximate surface area is 103 Å². The number of rotatable bonds is 10. The molecule has 0 rings (SSSR count). The molecule has 0 aliphatic rings. The van der Waals surface area contributed by atoms with Gasteiger partial charge in [-0.15, -0.1) is 0 Å². The number of nitrogens with two attached hydrogens (primary N) is 1. The summed E-state index contributed by atoms with van der Waals surface area (Å²) >= 11 is 0. The number of nitrogens with zero attached hydrogens (tertiary/aromatic N) is 1. The van der Waals surface area contributed by atoms with Gasteiger partial charge in [0.1, 0.15) is 0 Å². The van der Waals surface area contributed by atoms with Crippen molar-refractivity contribution in [2.45, 2.75) is 65.3 Å². The third-order valence-electron chi connectivity index (χ3n) is 3.28. The third-order valence-corrected chi connectivity index (χ3v) is 3.28. The summed E-state index contributed by atoms with van der Waals surface area (Å²) < 4.78 is 0. The first-order chi connectivity index (χ1) is 7.57. The molecule has 0 saturated heterocycles. The van der Waals surface area contributed by atoms with Gasteiger partial charge in [0.25, 0.3) is 0 Å². The van der Waals surface area contributed by atoms with Gasteiger partial charge in [-0.25, -0.2) is 0 Å². The molecule has 2 heteroatoms. The standard InChI is InChI=1S/C14H32N2/c1-13(2)12-14(3)16(4)11-9-7-5-6-8-10-15/h13-14H,5-12,15H2,1-4H3. The number of hydrogen-bond donors (Lipinski definition) is 1. The van der Waals surface area contributed by atoms with Crippen molar-refractivity contribution in [3.63, 3.8) is 0 Å². The number of unbranched alkanes of at least 4 members (excludes halogenated alkanes) is 4. The normalized spacial score (nSPS) is 13.7. The van der Waals surface area contributed by atoms with Gasteiger partial charge in [-0.1, -0.05) is 33.1 Å². The quantitative estimate of drug-likeness (QED) is 0.582. The lowest BCUT2D eigenvalue weighted by molar-refractivity contribution is 0.223. The minimum Gasteiger partial charge on any atom is -0.330 e. The van der Waals surface area contributed by atoms with Crippen LogP contribution in [0.5, 0.6) is 0 Å². The van der Waals surface area contributed by atoms with Crippen molar-refractivity contribution in [3.05, 3.63) is 0 Å². The Hall–Kier alpha value is -0.0800. The molecule has 0 radical (unpaired) electrons. The molecule has 16 heavy (non-hydrogen) atoms. The van der Waals surface area contributed by atoms with Gasteiger partial charge in [-0.3, -0.25) is 0 Å². The van der Waals surface area contributed by atoms with Gasteiger partial charge >= 0.3 is 0 Å². The molecule has 1 unspecified atom stereocenters. The highest BCUT2D eigenvalue weighted by Crippen LogP contribution is 2.11. The Bertz CT molecular complexity index is 146. The maximum atomic E-state index is 5.47. The first-order valence-corrected chi connectivity index (χ1v) is 6.98. The van der Waals surface area contributed by atoms with Crippen LogP contribution in [0.3, 0.4) is 0 Å². The van der Waals surface area contributed by atoms with Crippen LogP contribution in [0, 0.1) is 5.92 Å². The van der Waals surface area contributed by atoms with Crippen molar-refractivity contribution in [1.82, 2.24) is 4.90 Å². The predicted molar refractivity (Wildman–Crippen MR) is 73.7 cm³/mol. The fraction of sp³-hybridized carbons (Fsp3) is 1.00. The van der Waals surface area contributed by atoms with Gasteiger partial charge in [0, 0.05) is 6.04 Å². The Balaban J connectivity index is 3.38. The maximum absolute atomic E-state index is 5.47. The lowest BCUT2D eigenvalue weighted by Crippen LogP contribution is -2.31. The van der Waals surface area contributed by atoms with Crippen LogP contribution in [-0.4, -0.2) is 31.1 Å². The molecule has 0 amide bonds. The van der Waals surface area contributed by atoms with E-state index in [2.05, 4.69) is 32.7 Å². The second-order valence-corrected chi connectivity index (χ2v) is 5.52. The first kappa shape index (κ1) is 15.9. The highest BCUT2D eigenvalue weighted by atomic mass is 15.1. The van der Waals surface area contributed by atoms with E-state index in [1.54, 1.807) is 0 Å². The third kappa shape index (κ3) is 9.17. The summed E-state index contributed by atoms with van der Waals surface area (Å²) in [5, 5.41) is 0. The fourth-order valence-corrected chi connectivity index (χ4v) is 2.12. The Kier molecular flexibility index (Phi) is 10.0. The van der Waals surface area contributed by atoms with Gasteiger partial charge in [0.15, 0.2) is 0 Å². The van der Waals surface area contributed by atoms with E-state index < -0.39 is 0 Å². The van der Waals surface area contributed by atoms with Crippen LogP contribution in [0.4, 0.5) is 0 Å². The average molecular weight is 228 g/mol. The zero-order valence-corrected chi connectivity index (χ0v) is 11.8. The Morgan fingerprint density at radius 3 is 2.06 bits per heavy atom. The fourth-order valence-electron chi connectivity index (χ4n) is 2.12. The monoisotopic (exact) mass is 228 g/mol. The van der Waals surface area contributed by atoms with Crippen LogP contribution in [0.15, 0.2) is 0 Å². The Morgan fingerprint density at radius 1 is 0.938 bits per heavy atom. The van der Waals surface area contributed by atoms with Crippen molar-refractivity contribution in [1.29, 1.82) is 0 Å². The molecule has 0 saturated carbocycles. The largest absolute Gasteiger partial charge is 0.330 e. The van der Waals surface area contributed by atoms with Crippen molar-refractivity contribution >= 4 is 0 Å². The second-order valence-electron chi connectivity index (χ2n) is 5.52. The van der Waals surface area contributed by atoms with Crippen molar-refractivity contribution in [2.24, 2.45) is 11.7 Å². The maximum Gasteiger partial charge on any atom is 0.00663 e. The highest BCUT2D eigenvalue weighted by molar-refractivity contribution is 4.65. The molecular weight excluding hydrogens is 196 g/mol. The molecule has 0 bridgehead atoms. The summed E-state index contributed by atoms with van der Waals surface area (Å²) in [7, 11) is 2.26. The minimum atomic E-state index is 0.726. The summed E-state index contributed by atoms with van der Waals surface area (Å²) in [4.78, 5) is 2.50. The van der Waals surface area contributed by atoms with E-state index >= 15 is 0 Å². The van der Waals surface area contributed by atoms with Gasteiger partial charge in [0.05, 0.1) is 0 Å². The topological polar surface area (TPSA) is 29.3 Å². The molecule has 0 aliphatic heterocycles. The predicted octanol–water partition coefficient (Wildman–Crippen LogP) is 3.26. The molecular formula is C14H32N2.